The molecule has 0 spiro atoms. The van der Waals surface area contributed by atoms with Crippen LogP contribution in [-0.4, -0.2) is 33.7 Å². The zero-order valence-electron chi connectivity index (χ0n) is 15.9. The summed E-state index contributed by atoms with van der Waals surface area (Å²) >= 11 is 1.56. The smallest absolute Gasteiger partial charge is 0.146 e. The average Bonchev–Trinajstić information content (AvgIpc) is 3.35. The average molecular weight is 392 g/mol. The fraction of sp³-hybridized carbons (Fsp3) is 0.190. The number of hydrogen-bond donors (Lipinski definition) is 0. The maximum atomic E-state index is 5.50. The van der Waals surface area contributed by atoms with E-state index in [1.807, 2.05) is 67.8 Å². The van der Waals surface area contributed by atoms with Crippen LogP contribution in [0.3, 0.4) is 0 Å². The van der Waals surface area contributed by atoms with Gasteiger partial charge < -0.3 is 9.47 Å². The van der Waals surface area contributed by atoms with E-state index in [2.05, 4.69) is 10.3 Å². The number of aromatic nitrogens is 4. The first kappa shape index (κ1) is 18.2. The lowest BCUT2D eigenvalue weighted by molar-refractivity contribution is 0.340. The van der Waals surface area contributed by atoms with E-state index in [-0.39, 0.29) is 0 Å². The van der Waals surface area contributed by atoms with Crippen molar-refractivity contribution >= 4 is 11.3 Å². The van der Waals surface area contributed by atoms with Crippen LogP contribution in [0, 0.1) is 6.92 Å². The highest BCUT2D eigenvalue weighted by Gasteiger charge is 2.16. The van der Waals surface area contributed by atoms with Crippen molar-refractivity contribution in [1.29, 1.82) is 0 Å². The summed E-state index contributed by atoms with van der Waals surface area (Å²) in [5.41, 5.74) is 4.58. The molecule has 4 rings (SSSR count). The van der Waals surface area contributed by atoms with Gasteiger partial charge in [0.05, 0.1) is 30.8 Å². The van der Waals surface area contributed by atoms with Gasteiger partial charge >= 0.3 is 0 Å². The van der Waals surface area contributed by atoms with Gasteiger partial charge in [0.2, 0.25) is 0 Å². The topological polar surface area (TPSA) is 62.1 Å². The summed E-state index contributed by atoms with van der Waals surface area (Å²) in [6.07, 6.45) is 0. The molecule has 0 aliphatic heterocycles. The summed E-state index contributed by atoms with van der Waals surface area (Å²) < 4.78 is 12.6. The van der Waals surface area contributed by atoms with E-state index >= 15 is 0 Å². The molecule has 0 aliphatic rings. The van der Waals surface area contributed by atoms with E-state index < -0.39 is 0 Å². The quantitative estimate of drug-likeness (QED) is 0.473. The lowest BCUT2D eigenvalue weighted by Crippen LogP contribution is -1.99. The first-order valence-corrected chi connectivity index (χ1v) is 9.83. The summed E-state index contributed by atoms with van der Waals surface area (Å²) in [4.78, 5) is 4.77. The largest absolute Gasteiger partial charge is 0.497 e. The van der Waals surface area contributed by atoms with Crippen molar-refractivity contribution < 1.29 is 9.47 Å². The molecule has 2 aromatic heterocycles. The minimum atomic E-state index is 0.655. The summed E-state index contributed by atoms with van der Waals surface area (Å²) in [5.74, 6) is 1.64. The number of ether oxygens (including phenoxy) is 2. The predicted molar refractivity (Wildman–Crippen MR) is 110 cm³/mol. The molecular weight excluding hydrogens is 372 g/mol. The van der Waals surface area contributed by atoms with Gasteiger partial charge in [0.1, 0.15) is 22.2 Å². The van der Waals surface area contributed by atoms with Gasteiger partial charge in [0.15, 0.2) is 0 Å². The van der Waals surface area contributed by atoms with E-state index in [0.29, 0.717) is 6.61 Å². The van der Waals surface area contributed by atoms with Gasteiger partial charge in [0.25, 0.3) is 0 Å². The maximum absolute atomic E-state index is 5.50. The lowest BCUT2D eigenvalue weighted by atomic mass is 10.2. The van der Waals surface area contributed by atoms with Crippen molar-refractivity contribution in [2.75, 3.05) is 13.7 Å². The molecule has 0 aliphatic carbocycles. The number of benzene rings is 2. The maximum Gasteiger partial charge on any atom is 0.146 e. The zero-order chi connectivity index (χ0) is 19.5. The van der Waals surface area contributed by atoms with Crippen LogP contribution in [0.2, 0.25) is 0 Å². The molecule has 142 valence electrons. The van der Waals surface area contributed by atoms with Gasteiger partial charge in [0, 0.05) is 17.0 Å². The highest BCUT2D eigenvalue weighted by molar-refractivity contribution is 7.13. The Bertz CT molecular complexity index is 1090. The molecule has 0 radical (unpaired) electrons. The van der Waals surface area contributed by atoms with Crippen LogP contribution in [-0.2, 0) is 0 Å². The van der Waals surface area contributed by atoms with Crippen molar-refractivity contribution in [3.8, 4) is 39.1 Å². The Morgan fingerprint density at radius 3 is 2.64 bits per heavy atom. The summed E-state index contributed by atoms with van der Waals surface area (Å²) in [6.45, 7) is 4.62. The van der Waals surface area contributed by atoms with Crippen molar-refractivity contribution in [3.05, 3.63) is 59.6 Å². The standard InChI is InChI=1S/C21H20N4O2S/c1-4-27-17-10-8-15(9-11-17)19-13-28-21(22-19)20-14(2)25(24-23-20)16-6-5-7-18(12-16)26-3/h5-13H,4H2,1-3H3. The molecule has 0 unspecified atom stereocenters. The Balaban J connectivity index is 1.63. The minimum absolute atomic E-state index is 0.655. The second kappa shape index (κ2) is 7.82. The third-order valence-electron chi connectivity index (χ3n) is 4.36. The number of thiazole rings is 1. The van der Waals surface area contributed by atoms with Crippen molar-refractivity contribution in [3.63, 3.8) is 0 Å². The molecule has 2 heterocycles. The zero-order valence-corrected chi connectivity index (χ0v) is 16.7. The van der Waals surface area contributed by atoms with Gasteiger partial charge in [-0.1, -0.05) is 11.3 Å². The molecule has 0 amide bonds. The van der Waals surface area contributed by atoms with Crippen LogP contribution in [0.1, 0.15) is 12.6 Å². The van der Waals surface area contributed by atoms with Gasteiger partial charge in [-0.05, 0) is 50.2 Å². The first-order valence-electron chi connectivity index (χ1n) is 8.95. The molecule has 0 saturated carbocycles. The lowest BCUT2D eigenvalue weighted by Gasteiger charge is -2.05. The van der Waals surface area contributed by atoms with Crippen LogP contribution >= 0.6 is 11.3 Å². The second-order valence-corrected chi connectivity index (χ2v) is 6.99. The predicted octanol–water partition coefficient (Wildman–Crippen LogP) is 4.77. The van der Waals surface area contributed by atoms with Crippen molar-refractivity contribution in [2.24, 2.45) is 0 Å². The molecule has 6 nitrogen and oxygen atoms in total. The number of hydrogen-bond acceptors (Lipinski definition) is 6. The Kier molecular flexibility index (Phi) is 5.08. The molecule has 2 aromatic carbocycles. The normalized spacial score (nSPS) is 10.8. The fourth-order valence-corrected chi connectivity index (χ4v) is 3.78. The van der Waals surface area contributed by atoms with Crippen LogP contribution in [0.25, 0.3) is 27.6 Å². The minimum Gasteiger partial charge on any atom is -0.497 e. The summed E-state index contributed by atoms with van der Waals surface area (Å²) in [6, 6.07) is 15.7. The SMILES string of the molecule is CCOc1ccc(-c2csc(-c3nnn(-c4cccc(OC)c4)c3C)n2)cc1. The Hall–Kier alpha value is -3.19. The van der Waals surface area contributed by atoms with E-state index in [1.54, 1.807) is 23.1 Å². The summed E-state index contributed by atoms with van der Waals surface area (Å²) in [5, 5.41) is 11.6. The number of methoxy groups -OCH3 is 1. The van der Waals surface area contributed by atoms with Gasteiger partial charge in [-0.25, -0.2) is 9.67 Å². The van der Waals surface area contributed by atoms with Crippen LogP contribution < -0.4 is 9.47 Å². The third-order valence-corrected chi connectivity index (χ3v) is 5.21. The highest BCUT2D eigenvalue weighted by Crippen LogP contribution is 2.31. The molecule has 0 atom stereocenters. The molecule has 7 heteroatoms. The Morgan fingerprint density at radius 1 is 1.07 bits per heavy atom. The molecule has 0 fully saturated rings. The van der Waals surface area contributed by atoms with E-state index in [1.165, 1.54) is 0 Å². The monoisotopic (exact) mass is 392 g/mol. The Labute approximate surface area is 167 Å². The van der Waals surface area contributed by atoms with Crippen LogP contribution in [0.15, 0.2) is 53.9 Å². The van der Waals surface area contributed by atoms with Gasteiger partial charge in [-0.2, -0.15) is 0 Å². The summed E-state index contributed by atoms with van der Waals surface area (Å²) in [7, 11) is 1.65. The van der Waals surface area contributed by atoms with E-state index in [4.69, 9.17) is 14.5 Å². The van der Waals surface area contributed by atoms with Gasteiger partial charge in [-0.3, -0.25) is 0 Å². The van der Waals surface area contributed by atoms with Crippen molar-refractivity contribution in [1.82, 2.24) is 20.0 Å². The van der Waals surface area contributed by atoms with E-state index in [0.717, 1.165) is 44.8 Å². The molecule has 28 heavy (non-hydrogen) atoms. The van der Waals surface area contributed by atoms with E-state index in [9.17, 15) is 0 Å². The molecule has 0 N–H and O–H groups in total. The van der Waals surface area contributed by atoms with Crippen LogP contribution in [0.4, 0.5) is 0 Å². The fourth-order valence-electron chi connectivity index (χ4n) is 2.92. The third kappa shape index (κ3) is 3.48. The van der Waals surface area contributed by atoms with Crippen LogP contribution in [0.5, 0.6) is 11.5 Å². The molecule has 0 bridgehead atoms. The number of nitrogens with zero attached hydrogens (tertiary/aromatic N) is 4. The van der Waals surface area contributed by atoms with Crippen molar-refractivity contribution in [2.45, 2.75) is 13.8 Å². The molecular formula is C21H20N4O2S. The van der Waals surface area contributed by atoms with Gasteiger partial charge in [-0.15, -0.1) is 16.4 Å². The second-order valence-electron chi connectivity index (χ2n) is 6.13. The molecule has 4 aromatic rings. The Morgan fingerprint density at radius 2 is 1.89 bits per heavy atom. The first-order chi connectivity index (χ1) is 13.7. The molecule has 0 saturated heterocycles. The number of rotatable bonds is 6. The highest BCUT2D eigenvalue weighted by atomic mass is 32.1.